The molecule has 0 aromatic heterocycles. The summed E-state index contributed by atoms with van der Waals surface area (Å²) < 4.78 is 0.903. The summed E-state index contributed by atoms with van der Waals surface area (Å²) in [5.74, 6) is -1.55. The molecule has 7 nitrogen and oxygen atoms in total. The lowest BCUT2D eigenvalue weighted by Crippen LogP contribution is -2.37. The van der Waals surface area contributed by atoms with E-state index < -0.39 is 17.8 Å². The predicted molar refractivity (Wildman–Crippen MR) is 71.6 cm³/mol. The van der Waals surface area contributed by atoms with Crippen LogP contribution in [0, 0.1) is 0 Å². The Kier molecular flexibility index (Phi) is 6.50. The molecule has 0 saturated carbocycles. The van der Waals surface area contributed by atoms with Gasteiger partial charge < -0.3 is 10.2 Å². The van der Waals surface area contributed by atoms with E-state index in [0.29, 0.717) is 11.6 Å². The van der Waals surface area contributed by atoms with E-state index in [1.807, 2.05) is 7.05 Å². The van der Waals surface area contributed by atoms with E-state index in [-0.39, 0.29) is 19.4 Å². The standard InChI is InChI=1S/C10H16IN3O4/c1-13(7-11)5-4-12-6-10(17)18-14-8(15)2-3-9(14)16/h12H,2-7H2,1H3. The maximum Gasteiger partial charge on any atom is 0.346 e. The van der Waals surface area contributed by atoms with E-state index in [9.17, 15) is 14.4 Å². The average Bonchev–Trinajstić information content (AvgIpc) is 2.66. The van der Waals surface area contributed by atoms with E-state index in [1.165, 1.54) is 0 Å². The average molecular weight is 369 g/mol. The van der Waals surface area contributed by atoms with Gasteiger partial charge in [0, 0.05) is 25.9 Å². The second-order valence-corrected chi connectivity index (χ2v) is 4.60. The molecule has 1 N–H and O–H groups in total. The molecule has 0 atom stereocenters. The van der Waals surface area contributed by atoms with Crippen molar-refractivity contribution in [3.8, 4) is 0 Å². The number of carbonyl (C=O) groups is 3. The second kappa shape index (κ2) is 7.64. The number of hydroxylamine groups is 2. The number of hydrogen-bond donors (Lipinski definition) is 1. The van der Waals surface area contributed by atoms with Crippen molar-refractivity contribution in [1.29, 1.82) is 0 Å². The predicted octanol–water partition coefficient (Wildman–Crippen LogP) is -0.493. The van der Waals surface area contributed by atoms with Gasteiger partial charge in [0.2, 0.25) is 0 Å². The first kappa shape index (κ1) is 15.3. The van der Waals surface area contributed by atoms with Crippen molar-refractivity contribution in [2.45, 2.75) is 12.8 Å². The van der Waals surface area contributed by atoms with Gasteiger partial charge in [-0.25, -0.2) is 4.79 Å². The van der Waals surface area contributed by atoms with Crippen LogP contribution in [0.3, 0.4) is 0 Å². The molecule has 8 heteroatoms. The summed E-state index contributed by atoms with van der Waals surface area (Å²) in [6.45, 7) is 1.42. The molecule has 0 unspecified atom stereocenters. The van der Waals surface area contributed by atoms with Crippen LogP contribution in [-0.2, 0) is 19.2 Å². The molecule has 1 fully saturated rings. The smallest absolute Gasteiger partial charge is 0.329 e. The Bertz CT molecular complexity index is 321. The fourth-order valence-corrected chi connectivity index (χ4v) is 1.65. The highest BCUT2D eigenvalue weighted by atomic mass is 127. The molecule has 102 valence electrons. The van der Waals surface area contributed by atoms with Crippen LogP contribution in [0.2, 0.25) is 0 Å². The van der Waals surface area contributed by atoms with Gasteiger partial charge >= 0.3 is 5.97 Å². The third-order valence-electron chi connectivity index (χ3n) is 2.34. The van der Waals surface area contributed by atoms with Gasteiger partial charge in [-0.05, 0) is 7.05 Å². The SMILES string of the molecule is CN(CI)CCNCC(=O)ON1C(=O)CCC1=O. The molecule has 18 heavy (non-hydrogen) atoms. The van der Waals surface area contributed by atoms with Gasteiger partial charge in [-0.2, -0.15) is 0 Å². The molecule has 1 aliphatic heterocycles. The highest BCUT2D eigenvalue weighted by molar-refractivity contribution is 14.1. The van der Waals surface area contributed by atoms with Gasteiger partial charge in [-0.3, -0.25) is 14.5 Å². The fraction of sp³-hybridized carbons (Fsp3) is 0.700. The number of hydrogen-bond acceptors (Lipinski definition) is 6. The minimum atomic E-state index is -0.629. The number of halogens is 1. The van der Waals surface area contributed by atoms with Crippen molar-refractivity contribution >= 4 is 40.4 Å². The maximum atomic E-state index is 11.4. The van der Waals surface area contributed by atoms with E-state index >= 15 is 0 Å². The van der Waals surface area contributed by atoms with Crippen LogP contribution in [0.5, 0.6) is 0 Å². The zero-order chi connectivity index (χ0) is 13.5. The van der Waals surface area contributed by atoms with E-state index in [1.54, 1.807) is 0 Å². The molecular formula is C10H16IN3O4. The summed E-state index contributed by atoms with van der Waals surface area (Å²) >= 11 is 2.24. The first-order valence-corrected chi connectivity index (χ1v) is 7.09. The highest BCUT2D eigenvalue weighted by Gasteiger charge is 2.32. The molecule has 0 aromatic rings. The number of carbonyl (C=O) groups excluding carboxylic acids is 3. The van der Waals surface area contributed by atoms with Crippen molar-refractivity contribution in [2.75, 3.05) is 31.2 Å². The highest BCUT2D eigenvalue weighted by Crippen LogP contribution is 2.11. The monoisotopic (exact) mass is 369 g/mol. The third kappa shape index (κ3) is 4.86. The minimum Gasteiger partial charge on any atom is -0.329 e. The lowest BCUT2D eigenvalue weighted by molar-refractivity contribution is -0.196. The summed E-state index contributed by atoms with van der Waals surface area (Å²) in [6.07, 6.45) is 0.222. The largest absolute Gasteiger partial charge is 0.346 e. The van der Waals surface area contributed by atoms with Crippen LogP contribution in [0.1, 0.15) is 12.8 Å². The second-order valence-electron chi connectivity index (χ2n) is 3.92. The minimum absolute atomic E-state index is 0.0217. The van der Waals surface area contributed by atoms with Crippen molar-refractivity contribution in [3.63, 3.8) is 0 Å². The van der Waals surface area contributed by atoms with Gasteiger partial charge in [0.25, 0.3) is 11.8 Å². The number of rotatable bonds is 7. The lowest BCUT2D eigenvalue weighted by atomic mass is 10.4. The Hall–Kier alpha value is -0.740. The van der Waals surface area contributed by atoms with Gasteiger partial charge in [-0.1, -0.05) is 22.6 Å². The summed E-state index contributed by atoms with van der Waals surface area (Å²) in [4.78, 5) is 40.5. The zero-order valence-electron chi connectivity index (χ0n) is 10.1. The quantitative estimate of drug-likeness (QED) is 0.215. The summed E-state index contributed by atoms with van der Waals surface area (Å²) in [5, 5.41) is 3.44. The number of nitrogens with one attached hydrogen (secondary N) is 1. The molecule has 1 heterocycles. The van der Waals surface area contributed by atoms with E-state index in [0.717, 1.165) is 11.1 Å². The zero-order valence-corrected chi connectivity index (χ0v) is 12.3. The first-order chi connectivity index (χ1) is 8.54. The first-order valence-electron chi connectivity index (χ1n) is 5.56. The third-order valence-corrected chi connectivity index (χ3v) is 3.51. The van der Waals surface area contributed by atoms with Crippen LogP contribution in [0.4, 0.5) is 0 Å². The summed E-state index contributed by atoms with van der Waals surface area (Å²) in [6, 6.07) is 0. The van der Waals surface area contributed by atoms with Crippen molar-refractivity contribution in [2.24, 2.45) is 0 Å². The summed E-state index contributed by atoms with van der Waals surface area (Å²) in [7, 11) is 1.97. The van der Waals surface area contributed by atoms with E-state index in [2.05, 4.69) is 37.6 Å². The molecule has 0 bridgehead atoms. The number of amides is 2. The summed E-state index contributed by atoms with van der Waals surface area (Å²) in [5.41, 5.74) is 0. The fourth-order valence-electron chi connectivity index (χ4n) is 1.31. The number of nitrogens with zero attached hydrogens (tertiary/aromatic N) is 2. The van der Waals surface area contributed by atoms with Crippen LogP contribution in [-0.4, -0.2) is 59.0 Å². The molecule has 1 aliphatic rings. The van der Waals surface area contributed by atoms with Crippen molar-refractivity contribution < 1.29 is 19.2 Å². The van der Waals surface area contributed by atoms with Gasteiger partial charge in [-0.15, -0.1) is 5.06 Å². The van der Waals surface area contributed by atoms with Crippen LogP contribution in [0.15, 0.2) is 0 Å². The molecule has 1 saturated heterocycles. The molecule has 2 amide bonds. The number of alkyl halides is 1. The van der Waals surface area contributed by atoms with Gasteiger partial charge in [0.05, 0.1) is 11.1 Å². The van der Waals surface area contributed by atoms with Crippen LogP contribution >= 0.6 is 22.6 Å². The Labute approximate surface area is 119 Å². The Balaban J connectivity index is 2.18. The van der Waals surface area contributed by atoms with Crippen molar-refractivity contribution in [1.82, 2.24) is 15.3 Å². The molecule has 1 rings (SSSR count). The molecule has 0 aromatic carbocycles. The van der Waals surface area contributed by atoms with E-state index in [4.69, 9.17) is 0 Å². The molecule has 0 spiro atoms. The van der Waals surface area contributed by atoms with Gasteiger partial charge in [0.15, 0.2) is 0 Å². The van der Waals surface area contributed by atoms with Crippen LogP contribution < -0.4 is 5.32 Å². The maximum absolute atomic E-state index is 11.4. The van der Waals surface area contributed by atoms with Crippen LogP contribution in [0.25, 0.3) is 0 Å². The number of likely N-dealkylation sites (N-methyl/N-ethyl adjacent to an activating group) is 1. The van der Waals surface area contributed by atoms with Crippen molar-refractivity contribution in [3.05, 3.63) is 0 Å². The number of imide groups is 1. The normalized spacial score (nSPS) is 15.6. The Morgan fingerprint density at radius 3 is 2.61 bits per heavy atom. The molecule has 0 radical (unpaired) electrons. The molecule has 0 aliphatic carbocycles. The molecular weight excluding hydrogens is 353 g/mol. The van der Waals surface area contributed by atoms with Gasteiger partial charge in [0.1, 0.15) is 0 Å². The Morgan fingerprint density at radius 2 is 2.06 bits per heavy atom. The topological polar surface area (TPSA) is 79.0 Å². The lowest BCUT2D eigenvalue weighted by Gasteiger charge is -2.14. The Morgan fingerprint density at radius 1 is 1.44 bits per heavy atom.